The van der Waals surface area contributed by atoms with Crippen LogP contribution in [0.15, 0.2) is 24.3 Å². The Morgan fingerprint density at radius 1 is 1.17 bits per heavy atom. The first-order chi connectivity index (χ1) is 10.8. The molecule has 1 heterocycles. The number of aryl methyl sites for hydroxylation is 1. The van der Waals surface area contributed by atoms with Crippen molar-refractivity contribution in [2.24, 2.45) is 7.05 Å². The highest BCUT2D eigenvalue weighted by Gasteiger charge is 2.16. The molecule has 0 atom stereocenters. The average molecular weight is 354 g/mol. The van der Waals surface area contributed by atoms with Crippen LogP contribution in [-0.4, -0.2) is 22.9 Å². The van der Waals surface area contributed by atoms with Crippen molar-refractivity contribution >= 4 is 35.0 Å². The summed E-state index contributed by atoms with van der Waals surface area (Å²) < 4.78 is 6.98. The van der Waals surface area contributed by atoms with Gasteiger partial charge < -0.3 is 9.30 Å². The molecule has 6 heteroatoms. The van der Waals surface area contributed by atoms with Gasteiger partial charge in [-0.2, -0.15) is 0 Å². The van der Waals surface area contributed by atoms with Crippen molar-refractivity contribution in [3.8, 4) is 0 Å². The number of carbonyl (C=O) groups is 2. The molecule has 23 heavy (non-hydrogen) atoms. The van der Waals surface area contributed by atoms with Crippen molar-refractivity contribution in [1.82, 2.24) is 4.57 Å². The number of nitrogens with zero attached hydrogens (tertiary/aromatic N) is 1. The second-order valence-corrected chi connectivity index (χ2v) is 6.18. The summed E-state index contributed by atoms with van der Waals surface area (Å²) in [7, 11) is 1.88. The Kier molecular flexibility index (Phi) is 5.50. The number of halogens is 2. The Labute approximate surface area is 145 Å². The zero-order chi connectivity index (χ0) is 17.1. The summed E-state index contributed by atoms with van der Waals surface area (Å²) in [5.74, 6) is -0.727. The molecule has 0 aliphatic carbocycles. The number of esters is 1. The van der Waals surface area contributed by atoms with E-state index in [1.165, 1.54) is 0 Å². The van der Waals surface area contributed by atoms with Crippen LogP contribution in [0.3, 0.4) is 0 Å². The number of rotatable bonds is 5. The minimum absolute atomic E-state index is 0.00389. The molecule has 0 N–H and O–H groups in total. The fourth-order valence-electron chi connectivity index (χ4n) is 2.23. The summed E-state index contributed by atoms with van der Waals surface area (Å²) in [4.78, 5) is 24.0. The second-order valence-electron chi connectivity index (χ2n) is 5.34. The number of carbonyl (C=O) groups excluding carboxylic acids is 2. The third-order valence-electron chi connectivity index (χ3n) is 3.79. The summed E-state index contributed by atoms with van der Waals surface area (Å²) in [6.45, 7) is 3.49. The van der Waals surface area contributed by atoms with Crippen LogP contribution in [0, 0.1) is 13.8 Å². The fraction of sp³-hybridized carbons (Fsp3) is 0.294. The molecule has 0 fully saturated rings. The maximum atomic E-state index is 12.2. The molecule has 0 saturated heterocycles. The van der Waals surface area contributed by atoms with Crippen LogP contribution in [0.2, 0.25) is 10.0 Å². The summed E-state index contributed by atoms with van der Waals surface area (Å²) in [5, 5.41) is 0.896. The van der Waals surface area contributed by atoms with E-state index in [4.69, 9.17) is 27.9 Å². The van der Waals surface area contributed by atoms with E-state index in [0.717, 1.165) is 11.4 Å². The third kappa shape index (κ3) is 4.15. The zero-order valence-corrected chi connectivity index (χ0v) is 14.7. The van der Waals surface area contributed by atoms with Crippen LogP contribution < -0.4 is 0 Å². The van der Waals surface area contributed by atoms with E-state index in [0.29, 0.717) is 21.2 Å². The number of ketones is 1. The van der Waals surface area contributed by atoms with Crippen LogP contribution in [0.1, 0.15) is 27.3 Å². The van der Waals surface area contributed by atoms with Gasteiger partial charge >= 0.3 is 5.97 Å². The first-order valence-corrected chi connectivity index (χ1v) is 7.81. The predicted octanol–water partition coefficient (Wildman–Crippen LogP) is 3.92. The van der Waals surface area contributed by atoms with E-state index in [1.807, 2.05) is 25.5 Å². The molecule has 122 valence electrons. The first kappa shape index (κ1) is 17.6. The van der Waals surface area contributed by atoms with Gasteiger partial charge in [0.1, 0.15) is 0 Å². The number of hydrogen-bond acceptors (Lipinski definition) is 3. The van der Waals surface area contributed by atoms with Gasteiger partial charge in [0.15, 0.2) is 6.61 Å². The van der Waals surface area contributed by atoms with Gasteiger partial charge in [0.05, 0.1) is 6.42 Å². The lowest BCUT2D eigenvalue weighted by Crippen LogP contribution is -2.16. The van der Waals surface area contributed by atoms with E-state index in [9.17, 15) is 9.59 Å². The minimum atomic E-state index is -0.507. The topological polar surface area (TPSA) is 48.3 Å². The molecule has 0 radical (unpaired) electrons. The molecule has 0 aliphatic heterocycles. The van der Waals surface area contributed by atoms with Crippen molar-refractivity contribution in [2.45, 2.75) is 20.3 Å². The second kappa shape index (κ2) is 7.20. The van der Waals surface area contributed by atoms with Crippen LogP contribution in [-0.2, 0) is 23.0 Å². The maximum absolute atomic E-state index is 12.2. The maximum Gasteiger partial charge on any atom is 0.310 e. The molecule has 0 spiro atoms. The van der Waals surface area contributed by atoms with Crippen molar-refractivity contribution in [1.29, 1.82) is 0 Å². The Balaban J connectivity index is 1.96. The summed E-state index contributed by atoms with van der Waals surface area (Å²) >= 11 is 11.8. The van der Waals surface area contributed by atoms with Crippen LogP contribution in [0.5, 0.6) is 0 Å². The standard InChI is InChI=1S/C17H17Cl2NO3/c1-10-6-14(11(2)20(10)3)16(21)9-23-17(22)7-12-4-5-13(18)8-15(12)19/h4-6,8H,7,9H2,1-3H3. The van der Waals surface area contributed by atoms with Crippen LogP contribution >= 0.6 is 23.2 Å². The monoisotopic (exact) mass is 353 g/mol. The van der Waals surface area contributed by atoms with E-state index < -0.39 is 5.97 Å². The van der Waals surface area contributed by atoms with Crippen molar-refractivity contribution in [2.75, 3.05) is 6.61 Å². The van der Waals surface area contributed by atoms with E-state index in [1.54, 1.807) is 24.3 Å². The molecule has 4 nitrogen and oxygen atoms in total. The molecule has 2 aromatic rings. The van der Waals surface area contributed by atoms with Gasteiger partial charge in [-0.15, -0.1) is 0 Å². The Hall–Kier alpha value is -1.78. The van der Waals surface area contributed by atoms with Crippen molar-refractivity contribution in [3.05, 3.63) is 56.8 Å². The molecule has 0 amide bonds. The highest BCUT2D eigenvalue weighted by molar-refractivity contribution is 6.35. The van der Waals surface area contributed by atoms with Crippen molar-refractivity contribution in [3.63, 3.8) is 0 Å². The van der Waals surface area contributed by atoms with Crippen LogP contribution in [0.25, 0.3) is 0 Å². The molecule has 0 saturated carbocycles. The highest BCUT2D eigenvalue weighted by Crippen LogP contribution is 2.21. The summed E-state index contributed by atoms with van der Waals surface area (Å²) in [6.07, 6.45) is -0.00389. The van der Waals surface area contributed by atoms with Crippen molar-refractivity contribution < 1.29 is 14.3 Å². The predicted molar refractivity (Wildman–Crippen MR) is 90.3 cm³/mol. The SMILES string of the molecule is Cc1cc(C(=O)COC(=O)Cc2ccc(Cl)cc2Cl)c(C)n1C. The number of benzene rings is 1. The Bertz CT molecular complexity index is 765. The smallest absolute Gasteiger partial charge is 0.310 e. The normalized spacial score (nSPS) is 10.7. The van der Waals surface area contributed by atoms with Gasteiger partial charge in [-0.3, -0.25) is 9.59 Å². The lowest BCUT2D eigenvalue weighted by atomic mass is 10.1. The third-order valence-corrected chi connectivity index (χ3v) is 4.38. The van der Waals surface area contributed by atoms with Gasteiger partial charge in [0, 0.05) is 34.0 Å². The van der Waals surface area contributed by atoms with Gasteiger partial charge in [0.2, 0.25) is 5.78 Å². The fourth-order valence-corrected chi connectivity index (χ4v) is 2.71. The lowest BCUT2D eigenvalue weighted by molar-refractivity contribution is -0.141. The van der Waals surface area contributed by atoms with E-state index in [2.05, 4.69) is 0 Å². The van der Waals surface area contributed by atoms with Gasteiger partial charge in [-0.25, -0.2) is 0 Å². The lowest BCUT2D eigenvalue weighted by Gasteiger charge is -2.06. The molecule has 2 rings (SSSR count). The summed E-state index contributed by atoms with van der Waals surface area (Å²) in [6, 6.07) is 6.67. The number of Topliss-reactive ketones (excluding diaryl/α,β-unsaturated/α-hetero) is 1. The largest absolute Gasteiger partial charge is 0.457 e. The van der Waals surface area contributed by atoms with Crippen LogP contribution in [0.4, 0.5) is 0 Å². The molecular formula is C17H17Cl2NO3. The number of aromatic nitrogens is 1. The quantitative estimate of drug-likeness (QED) is 0.604. The van der Waals surface area contributed by atoms with Gasteiger partial charge in [-0.1, -0.05) is 29.3 Å². The summed E-state index contributed by atoms with van der Waals surface area (Å²) in [5.41, 5.74) is 3.01. The highest BCUT2D eigenvalue weighted by atomic mass is 35.5. The first-order valence-electron chi connectivity index (χ1n) is 7.05. The molecule has 0 unspecified atom stereocenters. The number of ether oxygens (including phenoxy) is 1. The Morgan fingerprint density at radius 2 is 1.87 bits per heavy atom. The van der Waals surface area contributed by atoms with E-state index >= 15 is 0 Å². The molecule has 1 aromatic carbocycles. The zero-order valence-electron chi connectivity index (χ0n) is 13.2. The van der Waals surface area contributed by atoms with Gasteiger partial charge in [0.25, 0.3) is 0 Å². The van der Waals surface area contributed by atoms with E-state index in [-0.39, 0.29) is 18.8 Å². The molecule has 0 aliphatic rings. The number of hydrogen-bond donors (Lipinski definition) is 0. The molecular weight excluding hydrogens is 337 g/mol. The molecule has 0 bridgehead atoms. The minimum Gasteiger partial charge on any atom is -0.457 e. The molecule has 1 aromatic heterocycles. The van der Waals surface area contributed by atoms with Gasteiger partial charge in [-0.05, 0) is 37.6 Å². The average Bonchev–Trinajstić information content (AvgIpc) is 2.75. The Morgan fingerprint density at radius 3 is 2.43 bits per heavy atom.